The van der Waals surface area contributed by atoms with Gasteiger partial charge in [0.05, 0.1) is 10.6 Å². The van der Waals surface area contributed by atoms with E-state index in [2.05, 4.69) is 31.9 Å². The summed E-state index contributed by atoms with van der Waals surface area (Å²) in [5.74, 6) is 0.113. The maximum absolute atomic E-state index is 11.8. The molecule has 0 saturated heterocycles. The van der Waals surface area contributed by atoms with Gasteiger partial charge in [0.25, 0.3) is 0 Å². The molecular formula is C9H10Br2O2S. The van der Waals surface area contributed by atoms with Crippen molar-refractivity contribution in [1.29, 1.82) is 0 Å². The molecule has 0 heterocycles. The minimum atomic E-state index is -3.15. The first kappa shape index (κ1) is 12.2. The van der Waals surface area contributed by atoms with Gasteiger partial charge in [-0.05, 0) is 12.1 Å². The van der Waals surface area contributed by atoms with E-state index in [9.17, 15) is 8.42 Å². The largest absolute Gasteiger partial charge is 0.224 e. The molecule has 78 valence electrons. The van der Waals surface area contributed by atoms with E-state index in [0.29, 0.717) is 10.2 Å². The van der Waals surface area contributed by atoms with Crippen LogP contribution in [-0.4, -0.2) is 24.3 Å². The van der Waals surface area contributed by atoms with Gasteiger partial charge in [0.1, 0.15) is 0 Å². The predicted molar refractivity (Wildman–Crippen MR) is 65.0 cm³/mol. The fourth-order valence-electron chi connectivity index (χ4n) is 1.01. The molecule has 0 aliphatic rings. The third-order valence-electron chi connectivity index (χ3n) is 1.67. The Morgan fingerprint density at radius 2 is 1.79 bits per heavy atom. The SMILES string of the molecule is O=S(=O)(C[C@H](Br)CBr)c1ccccc1. The van der Waals surface area contributed by atoms with E-state index >= 15 is 0 Å². The topological polar surface area (TPSA) is 34.1 Å². The molecule has 0 aliphatic heterocycles. The molecule has 5 heteroatoms. The van der Waals surface area contributed by atoms with Gasteiger partial charge in [0, 0.05) is 10.2 Å². The molecule has 0 aromatic heterocycles. The number of hydrogen-bond donors (Lipinski definition) is 0. The highest BCUT2D eigenvalue weighted by molar-refractivity contribution is 9.12. The molecule has 14 heavy (non-hydrogen) atoms. The van der Waals surface area contributed by atoms with Gasteiger partial charge in [-0.1, -0.05) is 50.1 Å². The molecule has 0 radical (unpaired) electrons. The molecule has 2 nitrogen and oxygen atoms in total. The maximum Gasteiger partial charge on any atom is 0.179 e. The number of halogens is 2. The van der Waals surface area contributed by atoms with Crippen LogP contribution in [0, 0.1) is 0 Å². The Labute approximate surface area is 101 Å². The third kappa shape index (κ3) is 3.37. The molecule has 1 aromatic carbocycles. The van der Waals surface area contributed by atoms with Crippen molar-refractivity contribution in [3.63, 3.8) is 0 Å². The molecule has 1 rings (SSSR count). The fraction of sp³-hybridized carbons (Fsp3) is 0.333. The van der Waals surface area contributed by atoms with Crippen molar-refractivity contribution in [2.75, 3.05) is 11.1 Å². The quantitative estimate of drug-likeness (QED) is 0.789. The Balaban J connectivity index is 2.87. The van der Waals surface area contributed by atoms with E-state index in [4.69, 9.17) is 0 Å². The van der Waals surface area contributed by atoms with Crippen molar-refractivity contribution < 1.29 is 8.42 Å². The summed E-state index contributed by atoms with van der Waals surface area (Å²) in [6.45, 7) is 0. The summed E-state index contributed by atoms with van der Waals surface area (Å²) in [4.78, 5) is 0.332. The van der Waals surface area contributed by atoms with Crippen LogP contribution in [0.1, 0.15) is 0 Å². The van der Waals surface area contributed by atoms with Gasteiger partial charge in [-0.2, -0.15) is 0 Å². The van der Waals surface area contributed by atoms with Gasteiger partial charge in [-0.25, -0.2) is 8.42 Å². The molecule has 0 fully saturated rings. The second kappa shape index (κ2) is 5.28. The minimum absolute atomic E-state index is 0.0484. The first-order valence-corrected chi connectivity index (χ1v) is 7.73. The number of alkyl halides is 2. The van der Waals surface area contributed by atoms with Crippen LogP contribution in [0.25, 0.3) is 0 Å². The molecule has 0 N–H and O–H groups in total. The van der Waals surface area contributed by atoms with E-state index in [1.54, 1.807) is 30.3 Å². The minimum Gasteiger partial charge on any atom is -0.224 e. The highest BCUT2D eigenvalue weighted by Crippen LogP contribution is 2.15. The number of benzene rings is 1. The first-order valence-electron chi connectivity index (χ1n) is 4.04. The van der Waals surface area contributed by atoms with E-state index in [-0.39, 0.29) is 10.6 Å². The van der Waals surface area contributed by atoms with E-state index in [1.807, 2.05) is 0 Å². The Morgan fingerprint density at radius 1 is 1.21 bits per heavy atom. The number of hydrogen-bond acceptors (Lipinski definition) is 2. The van der Waals surface area contributed by atoms with Gasteiger partial charge >= 0.3 is 0 Å². The van der Waals surface area contributed by atoms with Crippen LogP contribution in [0.4, 0.5) is 0 Å². The summed E-state index contributed by atoms with van der Waals surface area (Å²) in [6, 6.07) is 8.48. The van der Waals surface area contributed by atoms with Crippen LogP contribution in [0.5, 0.6) is 0 Å². The lowest BCUT2D eigenvalue weighted by Crippen LogP contribution is -2.17. The Kier molecular flexibility index (Phi) is 4.60. The molecule has 0 bridgehead atoms. The lowest BCUT2D eigenvalue weighted by molar-refractivity contribution is 0.595. The zero-order chi connectivity index (χ0) is 10.6. The smallest absolute Gasteiger partial charge is 0.179 e. The Morgan fingerprint density at radius 3 is 2.29 bits per heavy atom. The van der Waals surface area contributed by atoms with Crippen molar-refractivity contribution in [3.8, 4) is 0 Å². The molecule has 0 unspecified atom stereocenters. The van der Waals surface area contributed by atoms with Crippen LogP contribution < -0.4 is 0 Å². The van der Waals surface area contributed by atoms with Gasteiger partial charge in [0.2, 0.25) is 0 Å². The summed E-state index contributed by atoms with van der Waals surface area (Å²) in [5.41, 5.74) is 0. The summed E-state index contributed by atoms with van der Waals surface area (Å²) < 4.78 is 23.5. The summed E-state index contributed by atoms with van der Waals surface area (Å²) in [7, 11) is -3.15. The lowest BCUT2D eigenvalue weighted by atomic mass is 10.4. The van der Waals surface area contributed by atoms with Crippen molar-refractivity contribution in [2.24, 2.45) is 0 Å². The summed E-state index contributed by atoms with van der Waals surface area (Å²) in [6.07, 6.45) is 0. The zero-order valence-electron chi connectivity index (χ0n) is 7.36. The van der Waals surface area contributed by atoms with Crippen LogP contribution >= 0.6 is 31.9 Å². The van der Waals surface area contributed by atoms with E-state index in [1.165, 1.54) is 0 Å². The second-order valence-corrected chi connectivity index (χ2v) is 6.82. The highest BCUT2D eigenvalue weighted by atomic mass is 79.9. The van der Waals surface area contributed by atoms with Gasteiger partial charge in [0.15, 0.2) is 9.84 Å². The fourth-order valence-corrected chi connectivity index (χ4v) is 3.94. The molecule has 0 amide bonds. The Bertz CT molecular complexity index is 375. The van der Waals surface area contributed by atoms with Crippen molar-refractivity contribution in [1.82, 2.24) is 0 Å². The molecule has 0 spiro atoms. The molecule has 0 aliphatic carbocycles. The maximum atomic E-state index is 11.8. The van der Waals surface area contributed by atoms with Crippen LogP contribution in [0.15, 0.2) is 35.2 Å². The summed E-state index contributed by atoms with van der Waals surface area (Å²) >= 11 is 6.51. The highest BCUT2D eigenvalue weighted by Gasteiger charge is 2.18. The summed E-state index contributed by atoms with van der Waals surface area (Å²) in [5, 5.41) is 0.624. The zero-order valence-corrected chi connectivity index (χ0v) is 11.3. The van der Waals surface area contributed by atoms with Gasteiger partial charge < -0.3 is 0 Å². The molecule has 1 aromatic rings. The molecular weight excluding hydrogens is 332 g/mol. The monoisotopic (exact) mass is 340 g/mol. The normalized spacial score (nSPS) is 13.9. The number of sulfone groups is 1. The van der Waals surface area contributed by atoms with Crippen LogP contribution in [0.3, 0.4) is 0 Å². The van der Waals surface area contributed by atoms with Crippen LogP contribution in [0.2, 0.25) is 0 Å². The molecule has 1 atom stereocenters. The molecule has 0 saturated carbocycles. The lowest BCUT2D eigenvalue weighted by Gasteiger charge is -2.07. The average molecular weight is 342 g/mol. The van der Waals surface area contributed by atoms with Crippen molar-refractivity contribution in [2.45, 2.75) is 9.72 Å². The standard InChI is InChI=1S/C9H10Br2O2S/c10-6-8(11)7-14(12,13)9-4-2-1-3-5-9/h1-5,8H,6-7H2/t8-/m1/s1. The van der Waals surface area contributed by atoms with Crippen molar-refractivity contribution >= 4 is 41.7 Å². The third-order valence-corrected chi connectivity index (χ3v) is 6.23. The second-order valence-electron chi connectivity index (χ2n) is 2.85. The predicted octanol–water partition coefficient (Wildman–Crippen LogP) is 2.62. The van der Waals surface area contributed by atoms with Crippen LogP contribution in [-0.2, 0) is 9.84 Å². The average Bonchev–Trinajstić information content (AvgIpc) is 2.18. The Hall–Kier alpha value is 0.130. The first-order chi connectivity index (χ1) is 6.56. The van der Waals surface area contributed by atoms with Crippen molar-refractivity contribution in [3.05, 3.63) is 30.3 Å². The van der Waals surface area contributed by atoms with E-state index in [0.717, 1.165) is 0 Å². The van der Waals surface area contributed by atoms with Gasteiger partial charge in [-0.15, -0.1) is 0 Å². The van der Waals surface area contributed by atoms with Gasteiger partial charge in [-0.3, -0.25) is 0 Å². The van der Waals surface area contributed by atoms with E-state index < -0.39 is 9.84 Å². The number of rotatable bonds is 4.